The summed E-state index contributed by atoms with van der Waals surface area (Å²) < 4.78 is 69.4. The minimum absolute atomic E-state index is 0.117. The summed E-state index contributed by atoms with van der Waals surface area (Å²) in [5.74, 6) is 0. The van der Waals surface area contributed by atoms with Crippen molar-refractivity contribution < 1.29 is 26.3 Å². The first-order valence-electron chi connectivity index (χ1n) is 5.89. The Hall–Kier alpha value is -0.830. The standard InChI is InChI=1S/C12H15ClF3NO3S/c1-8-10(12(14,15)16)4-3-5-11(8)21(18,19)17-6-9(13)7-20-2/h3-5,9,17H,6-7H2,1-2H3. The third-order valence-electron chi connectivity index (χ3n) is 2.72. The van der Waals surface area contributed by atoms with Crippen molar-refractivity contribution in [3.63, 3.8) is 0 Å². The average molecular weight is 346 g/mol. The van der Waals surface area contributed by atoms with Gasteiger partial charge < -0.3 is 4.74 Å². The second-order valence-corrected chi connectivity index (χ2v) is 6.68. The van der Waals surface area contributed by atoms with E-state index in [1.54, 1.807) is 0 Å². The highest BCUT2D eigenvalue weighted by Gasteiger charge is 2.34. The van der Waals surface area contributed by atoms with Gasteiger partial charge >= 0.3 is 6.18 Å². The van der Waals surface area contributed by atoms with Crippen molar-refractivity contribution >= 4 is 21.6 Å². The van der Waals surface area contributed by atoms with Gasteiger partial charge in [-0.3, -0.25) is 0 Å². The topological polar surface area (TPSA) is 55.4 Å². The quantitative estimate of drug-likeness (QED) is 0.806. The molecule has 0 amide bonds. The Kier molecular flexibility index (Phi) is 6.03. The molecule has 1 N–H and O–H groups in total. The minimum Gasteiger partial charge on any atom is -0.383 e. The zero-order chi connectivity index (χ0) is 16.3. The summed E-state index contributed by atoms with van der Waals surface area (Å²) >= 11 is 5.79. The van der Waals surface area contributed by atoms with Crippen molar-refractivity contribution in [2.24, 2.45) is 0 Å². The fraction of sp³-hybridized carbons (Fsp3) is 0.500. The number of methoxy groups -OCH3 is 1. The van der Waals surface area contributed by atoms with Gasteiger partial charge in [0.15, 0.2) is 0 Å². The molecule has 9 heteroatoms. The van der Waals surface area contributed by atoms with Crippen LogP contribution in [0.4, 0.5) is 13.2 Å². The van der Waals surface area contributed by atoms with E-state index < -0.39 is 32.0 Å². The van der Waals surface area contributed by atoms with Crippen molar-refractivity contribution in [1.29, 1.82) is 0 Å². The fourth-order valence-electron chi connectivity index (χ4n) is 1.73. The van der Waals surface area contributed by atoms with Crippen LogP contribution in [-0.4, -0.2) is 34.1 Å². The Morgan fingerprint density at radius 3 is 2.52 bits per heavy atom. The molecule has 0 saturated carbocycles. The maximum Gasteiger partial charge on any atom is 0.416 e. The van der Waals surface area contributed by atoms with E-state index in [2.05, 4.69) is 4.72 Å². The molecule has 1 aromatic carbocycles. The lowest BCUT2D eigenvalue weighted by Crippen LogP contribution is -2.32. The number of benzene rings is 1. The number of hydrogen-bond acceptors (Lipinski definition) is 3. The minimum atomic E-state index is -4.61. The van der Waals surface area contributed by atoms with Crippen LogP contribution in [0.5, 0.6) is 0 Å². The van der Waals surface area contributed by atoms with Gasteiger partial charge in [0.25, 0.3) is 0 Å². The first-order valence-corrected chi connectivity index (χ1v) is 7.81. The SMILES string of the molecule is COCC(Cl)CNS(=O)(=O)c1cccc(C(F)(F)F)c1C. The third kappa shape index (κ3) is 4.84. The van der Waals surface area contributed by atoms with Crippen LogP contribution >= 0.6 is 11.6 Å². The Morgan fingerprint density at radius 1 is 1.38 bits per heavy atom. The summed E-state index contributed by atoms with van der Waals surface area (Å²) in [6.07, 6.45) is -4.61. The summed E-state index contributed by atoms with van der Waals surface area (Å²) in [5.41, 5.74) is -1.33. The molecule has 21 heavy (non-hydrogen) atoms. The van der Waals surface area contributed by atoms with E-state index in [0.29, 0.717) is 0 Å². The molecule has 0 spiro atoms. The van der Waals surface area contributed by atoms with Crippen molar-refractivity contribution in [2.45, 2.75) is 23.4 Å². The largest absolute Gasteiger partial charge is 0.416 e. The first kappa shape index (κ1) is 18.2. The van der Waals surface area contributed by atoms with Crippen LogP contribution < -0.4 is 4.72 Å². The molecule has 0 radical (unpaired) electrons. The second kappa shape index (κ2) is 6.95. The molecular weight excluding hydrogens is 331 g/mol. The monoisotopic (exact) mass is 345 g/mol. The van der Waals surface area contributed by atoms with Crippen molar-refractivity contribution in [1.82, 2.24) is 4.72 Å². The van der Waals surface area contributed by atoms with E-state index in [0.717, 1.165) is 25.1 Å². The van der Waals surface area contributed by atoms with Crippen LogP contribution in [0, 0.1) is 6.92 Å². The Morgan fingerprint density at radius 2 is 2.00 bits per heavy atom. The van der Waals surface area contributed by atoms with Crippen LogP contribution in [0.1, 0.15) is 11.1 Å². The Balaban J connectivity index is 3.05. The summed E-state index contributed by atoms with van der Waals surface area (Å²) in [6.45, 7) is 1.09. The molecule has 1 atom stereocenters. The van der Waals surface area contributed by atoms with Crippen LogP contribution in [-0.2, 0) is 20.9 Å². The van der Waals surface area contributed by atoms with Crippen molar-refractivity contribution in [2.75, 3.05) is 20.3 Å². The first-order chi connectivity index (χ1) is 9.59. The molecule has 0 aliphatic rings. The van der Waals surface area contributed by atoms with Crippen LogP contribution in [0.15, 0.2) is 23.1 Å². The van der Waals surface area contributed by atoms with E-state index in [1.165, 1.54) is 7.11 Å². The molecule has 0 aliphatic carbocycles. The smallest absolute Gasteiger partial charge is 0.383 e. The Bertz CT molecular complexity index is 590. The zero-order valence-corrected chi connectivity index (χ0v) is 12.9. The number of ether oxygens (including phenoxy) is 1. The summed E-state index contributed by atoms with van der Waals surface area (Å²) in [6, 6.07) is 3.01. The van der Waals surface area contributed by atoms with Gasteiger partial charge in [0, 0.05) is 13.7 Å². The summed E-state index contributed by atoms with van der Waals surface area (Å²) in [4.78, 5) is -0.418. The van der Waals surface area contributed by atoms with Gasteiger partial charge in [-0.1, -0.05) is 6.07 Å². The average Bonchev–Trinajstić information content (AvgIpc) is 2.35. The summed E-state index contributed by atoms with van der Waals surface area (Å²) in [7, 11) is -2.67. The Labute approximate surface area is 126 Å². The van der Waals surface area contributed by atoms with Gasteiger partial charge in [0.2, 0.25) is 10.0 Å². The normalized spacial score (nSPS) is 14.2. The fourth-order valence-corrected chi connectivity index (χ4v) is 3.37. The van der Waals surface area contributed by atoms with Gasteiger partial charge in [-0.2, -0.15) is 13.2 Å². The van der Waals surface area contributed by atoms with Crippen LogP contribution in [0.2, 0.25) is 0 Å². The predicted octanol–water partition coefficient (Wildman–Crippen LogP) is 2.55. The molecule has 0 aromatic heterocycles. The van der Waals surface area contributed by atoms with Gasteiger partial charge in [0.1, 0.15) is 0 Å². The van der Waals surface area contributed by atoms with Crippen molar-refractivity contribution in [3.8, 4) is 0 Å². The van der Waals surface area contributed by atoms with E-state index >= 15 is 0 Å². The molecule has 1 aromatic rings. The van der Waals surface area contributed by atoms with E-state index in [4.69, 9.17) is 16.3 Å². The molecule has 0 fully saturated rings. The van der Waals surface area contributed by atoms with Crippen molar-refractivity contribution in [3.05, 3.63) is 29.3 Å². The van der Waals surface area contributed by atoms with Crippen LogP contribution in [0.3, 0.4) is 0 Å². The van der Waals surface area contributed by atoms with Gasteiger partial charge in [0.05, 0.1) is 22.4 Å². The molecule has 4 nitrogen and oxygen atoms in total. The maximum absolute atomic E-state index is 12.8. The summed E-state index contributed by atoms with van der Waals surface area (Å²) in [5, 5.41) is -0.615. The van der Waals surface area contributed by atoms with Gasteiger partial charge in [-0.05, 0) is 24.6 Å². The van der Waals surface area contributed by atoms with Gasteiger partial charge in [-0.25, -0.2) is 13.1 Å². The molecule has 1 unspecified atom stereocenters. The molecular formula is C12H15ClF3NO3S. The number of sulfonamides is 1. The highest BCUT2D eigenvalue weighted by atomic mass is 35.5. The molecule has 0 heterocycles. The molecule has 0 saturated heterocycles. The van der Waals surface area contributed by atoms with E-state index in [1.807, 2.05) is 0 Å². The van der Waals surface area contributed by atoms with E-state index in [-0.39, 0.29) is 18.7 Å². The molecule has 120 valence electrons. The molecule has 1 rings (SSSR count). The number of nitrogens with one attached hydrogen (secondary N) is 1. The van der Waals surface area contributed by atoms with Gasteiger partial charge in [-0.15, -0.1) is 11.6 Å². The molecule has 0 aliphatic heterocycles. The lowest BCUT2D eigenvalue weighted by Gasteiger charge is -2.15. The molecule has 0 bridgehead atoms. The highest BCUT2D eigenvalue weighted by molar-refractivity contribution is 7.89. The lowest BCUT2D eigenvalue weighted by atomic mass is 10.1. The van der Waals surface area contributed by atoms with Crippen LogP contribution in [0.25, 0.3) is 0 Å². The third-order valence-corrected chi connectivity index (χ3v) is 4.57. The number of hydrogen-bond donors (Lipinski definition) is 1. The zero-order valence-electron chi connectivity index (χ0n) is 11.4. The number of alkyl halides is 4. The number of halogens is 4. The predicted molar refractivity (Wildman–Crippen MR) is 72.9 cm³/mol. The highest BCUT2D eigenvalue weighted by Crippen LogP contribution is 2.34. The maximum atomic E-state index is 12.8. The second-order valence-electron chi connectivity index (χ2n) is 4.33. The van der Waals surface area contributed by atoms with E-state index in [9.17, 15) is 21.6 Å². The number of rotatable bonds is 6. The lowest BCUT2D eigenvalue weighted by molar-refractivity contribution is -0.138.